The third-order valence-corrected chi connectivity index (χ3v) is 2.70. The molecule has 2 amide bonds. The second kappa shape index (κ2) is 5.31. The first-order chi connectivity index (χ1) is 9.50. The van der Waals surface area contributed by atoms with Crippen molar-refractivity contribution in [2.75, 3.05) is 5.32 Å². The summed E-state index contributed by atoms with van der Waals surface area (Å²) in [7, 11) is 0. The molecular formula is C14H12N2O4. The average Bonchev–Trinajstić information content (AvgIpc) is 2.41. The van der Waals surface area contributed by atoms with E-state index in [1.54, 1.807) is 12.1 Å². The first-order valence-electron chi connectivity index (χ1n) is 5.72. The highest BCUT2D eigenvalue weighted by Gasteiger charge is 2.15. The fourth-order valence-corrected chi connectivity index (χ4v) is 1.70. The normalized spacial score (nSPS) is 10.0. The average molecular weight is 272 g/mol. The van der Waals surface area contributed by atoms with Crippen LogP contribution in [0.25, 0.3) is 0 Å². The van der Waals surface area contributed by atoms with Gasteiger partial charge in [-0.05, 0) is 24.3 Å². The lowest BCUT2D eigenvalue weighted by molar-refractivity contribution is 0.0992. The number of amides is 2. The van der Waals surface area contributed by atoms with Crippen molar-refractivity contribution in [3.63, 3.8) is 0 Å². The zero-order chi connectivity index (χ0) is 14.7. The van der Waals surface area contributed by atoms with Crippen molar-refractivity contribution < 1.29 is 19.8 Å². The SMILES string of the molecule is NC(=O)c1cccc(NC(=O)c2ccccc2O)c1O. The fourth-order valence-electron chi connectivity index (χ4n) is 1.70. The first-order valence-corrected chi connectivity index (χ1v) is 5.72. The maximum atomic E-state index is 12.0. The number of carbonyl (C=O) groups excluding carboxylic acids is 2. The second-order valence-corrected chi connectivity index (χ2v) is 4.04. The predicted octanol–water partition coefficient (Wildman–Crippen LogP) is 1.45. The summed E-state index contributed by atoms with van der Waals surface area (Å²) in [6.45, 7) is 0. The largest absolute Gasteiger partial charge is 0.507 e. The summed E-state index contributed by atoms with van der Waals surface area (Å²) >= 11 is 0. The van der Waals surface area contributed by atoms with Crippen LogP contribution in [0, 0.1) is 0 Å². The Balaban J connectivity index is 2.32. The van der Waals surface area contributed by atoms with Crippen LogP contribution in [0.3, 0.4) is 0 Å². The number of benzene rings is 2. The van der Waals surface area contributed by atoms with Crippen LogP contribution >= 0.6 is 0 Å². The van der Waals surface area contributed by atoms with Crippen molar-refractivity contribution in [3.05, 3.63) is 53.6 Å². The first kappa shape index (κ1) is 13.4. The molecule has 2 aromatic rings. The number of carbonyl (C=O) groups is 2. The van der Waals surface area contributed by atoms with Crippen molar-refractivity contribution >= 4 is 17.5 Å². The summed E-state index contributed by atoms with van der Waals surface area (Å²) in [6.07, 6.45) is 0. The summed E-state index contributed by atoms with van der Waals surface area (Å²) in [5, 5.41) is 21.8. The molecule has 0 aliphatic heterocycles. The van der Waals surface area contributed by atoms with Gasteiger partial charge in [0, 0.05) is 0 Å². The van der Waals surface area contributed by atoms with Gasteiger partial charge in [0.2, 0.25) is 0 Å². The highest BCUT2D eigenvalue weighted by Crippen LogP contribution is 2.28. The molecule has 0 atom stereocenters. The molecule has 0 saturated carbocycles. The van der Waals surface area contributed by atoms with Gasteiger partial charge in [-0.2, -0.15) is 0 Å². The monoisotopic (exact) mass is 272 g/mol. The Kier molecular flexibility index (Phi) is 3.56. The van der Waals surface area contributed by atoms with E-state index in [4.69, 9.17) is 5.73 Å². The van der Waals surface area contributed by atoms with Gasteiger partial charge < -0.3 is 21.3 Å². The van der Waals surface area contributed by atoms with Gasteiger partial charge in [0.25, 0.3) is 11.8 Å². The van der Waals surface area contributed by atoms with Gasteiger partial charge in [0.05, 0.1) is 16.8 Å². The number of aromatic hydroxyl groups is 2. The molecule has 0 saturated heterocycles. The van der Waals surface area contributed by atoms with Gasteiger partial charge in [0.15, 0.2) is 5.75 Å². The Hall–Kier alpha value is -3.02. The molecule has 2 rings (SSSR count). The van der Waals surface area contributed by atoms with Crippen molar-refractivity contribution in [3.8, 4) is 11.5 Å². The maximum absolute atomic E-state index is 12.0. The molecule has 6 heteroatoms. The van der Waals surface area contributed by atoms with Gasteiger partial charge in [-0.3, -0.25) is 9.59 Å². The highest BCUT2D eigenvalue weighted by atomic mass is 16.3. The smallest absolute Gasteiger partial charge is 0.259 e. The second-order valence-electron chi connectivity index (χ2n) is 4.04. The summed E-state index contributed by atoms with van der Waals surface area (Å²) in [5.41, 5.74) is 5.09. The number of anilines is 1. The Morgan fingerprint density at radius 2 is 1.60 bits per heavy atom. The third kappa shape index (κ3) is 2.54. The van der Waals surface area contributed by atoms with Crippen molar-refractivity contribution in [1.82, 2.24) is 0 Å². The molecule has 102 valence electrons. The summed E-state index contributed by atoms with van der Waals surface area (Å²) in [4.78, 5) is 23.1. The topological polar surface area (TPSA) is 113 Å². The Labute approximate surface area is 114 Å². The van der Waals surface area contributed by atoms with E-state index in [1.807, 2.05) is 0 Å². The van der Waals surface area contributed by atoms with E-state index in [-0.39, 0.29) is 22.6 Å². The highest BCUT2D eigenvalue weighted by molar-refractivity contribution is 6.08. The Bertz CT molecular complexity index is 683. The quantitative estimate of drug-likeness (QED) is 0.633. The van der Waals surface area contributed by atoms with Gasteiger partial charge in [0.1, 0.15) is 5.75 Å². The van der Waals surface area contributed by atoms with E-state index in [0.29, 0.717) is 0 Å². The number of nitrogens with two attached hydrogens (primary N) is 1. The summed E-state index contributed by atoms with van der Waals surface area (Å²) in [5.74, 6) is -2.01. The lowest BCUT2D eigenvalue weighted by Crippen LogP contribution is -2.15. The van der Waals surface area contributed by atoms with Crippen LogP contribution in [-0.4, -0.2) is 22.0 Å². The molecular weight excluding hydrogens is 260 g/mol. The summed E-state index contributed by atoms with van der Waals surface area (Å²) in [6, 6.07) is 10.2. The maximum Gasteiger partial charge on any atom is 0.259 e. The fraction of sp³-hybridized carbons (Fsp3) is 0. The minimum atomic E-state index is -0.804. The molecule has 0 spiro atoms. The molecule has 0 aliphatic rings. The van der Waals surface area contributed by atoms with Gasteiger partial charge in [-0.1, -0.05) is 18.2 Å². The molecule has 0 aromatic heterocycles. The number of phenols is 2. The van der Waals surface area contributed by atoms with Crippen LogP contribution in [-0.2, 0) is 0 Å². The van der Waals surface area contributed by atoms with Gasteiger partial charge in [-0.15, -0.1) is 0 Å². The lowest BCUT2D eigenvalue weighted by atomic mass is 10.1. The van der Waals surface area contributed by atoms with E-state index in [9.17, 15) is 19.8 Å². The Morgan fingerprint density at radius 1 is 0.950 bits per heavy atom. The van der Waals surface area contributed by atoms with E-state index in [2.05, 4.69) is 5.32 Å². The van der Waals surface area contributed by atoms with Crippen LogP contribution in [0.2, 0.25) is 0 Å². The molecule has 5 N–H and O–H groups in total. The van der Waals surface area contributed by atoms with Crippen LogP contribution in [0.5, 0.6) is 11.5 Å². The lowest BCUT2D eigenvalue weighted by Gasteiger charge is -2.10. The molecule has 20 heavy (non-hydrogen) atoms. The molecule has 0 bridgehead atoms. The molecule has 0 unspecified atom stereocenters. The number of hydrogen-bond acceptors (Lipinski definition) is 4. The Morgan fingerprint density at radius 3 is 2.25 bits per heavy atom. The van der Waals surface area contributed by atoms with Crippen LogP contribution in [0.4, 0.5) is 5.69 Å². The van der Waals surface area contributed by atoms with Gasteiger partial charge in [-0.25, -0.2) is 0 Å². The molecule has 0 fully saturated rings. The van der Waals surface area contributed by atoms with E-state index in [0.717, 1.165) is 0 Å². The standard InChI is InChI=1S/C14H12N2O4/c15-13(19)9-5-3-6-10(12(9)18)16-14(20)8-4-1-2-7-11(8)17/h1-7,17-18H,(H2,15,19)(H,16,20). The zero-order valence-corrected chi connectivity index (χ0v) is 10.3. The number of phenolic OH excluding ortho intramolecular Hbond substituents is 1. The van der Waals surface area contributed by atoms with Crippen molar-refractivity contribution in [2.24, 2.45) is 5.73 Å². The minimum Gasteiger partial charge on any atom is -0.507 e. The predicted molar refractivity (Wildman–Crippen MR) is 72.7 cm³/mol. The molecule has 0 aliphatic carbocycles. The number of rotatable bonds is 3. The molecule has 0 heterocycles. The van der Waals surface area contributed by atoms with E-state index >= 15 is 0 Å². The van der Waals surface area contributed by atoms with Crippen LogP contribution < -0.4 is 11.1 Å². The van der Waals surface area contributed by atoms with Crippen LogP contribution in [0.1, 0.15) is 20.7 Å². The molecule has 0 radical (unpaired) electrons. The van der Waals surface area contributed by atoms with Crippen molar-refractivity contribution in [1.29, 1.82) is 0 Å². The number of hydrogen-bond donors (Lipinski definition) is 4. The summed E-state index contributed by atoms with van der Waals surface area (Å²) < 4.78 is 0. The van der Waals surface area contributed by atoms with E-state index in [1.165, 1.54) is 30.3 Å². The molecule has 2 aromatic carbocycles. The van der Waals surface area contributed by atoms with Crippen molar-refractivity contribution in [2.45, 2.75) is 0 Å². The third-order valence-electron chi connectivity index (χ3n) is 2.70. The zero-order valence-electron chi connectivity index (χ0n) is 10.3. The number of para-hydroxylation sites is 2. The van der Waals surface area contributed by atoms with Gasteiger partial charge >= 0.3 is 0 Å². The van der Waals surface area contributed by atoms with E-state index < -0.39 is 17.6 Å². The van der Waals surface area contributed by atoms with Crippen LogP contribution in [0.15, 0.2) is 42.5 Å². The minimum absolute atomic E-state index is 0.0366. The molecule has 6 nitrogen and oxygen atoms in total. The number of nitrogens with one attached hydrogen (secondary N) is 1. The number of primary amides is 1.